The number of aromatic nitrogens is 1. The largest absolute Gasteiger partial charge is 0.309 e. The van der Waals surface area contributed by atoms with E-state index in [-0.39, 0.29) is 11.9 Å². The lowest BCUT2D eigenvalue weighted by Gasteiger charge is -2.25. The Labute approximate surface area is 129 Å². The van der Waals surface area contributed by atoms with Gasteiger partial charge in [0, 0.05) is 28.8 Å². The molecule has 4 heteroatoms. The Morgan fingerprint density at radius 2 is 2.24 bits per heavy atom. The van der Waals surface area contributed by atoms with Gasteiger partial charge in [-0.2, -0.15) is 0 Å². The molecule has 1 N–H and O–H groups in total. The van der Waals surface area contributed by atoms with Gasteiger partial charge in [-0.1, -0.05) is 25.1 Å². The summed E-state index contributed by atoms with van der Waals surface area (Å²) in [6.45, 7) is 3.07. The average Bonchev–Trinajstić information content (AvgIpc) is 2.92. The zero-order valence-corrected chi connectivity index (χ0v) is 12.9. The van der Waals surface area contributed by atoms with Gasteiger partial charge in [0.25, 0.3) is 0 Å². The van der Waals surface area contributed by atoms with Gasteiger partial charge in [0.2, 0.25) is 0 Å². The van der Waals surface area contributed by atoms with Crippen molar-refractivity contribution >= 4 is 11.8 Å². The molecule has 1 aliphatic heterocycles. The van der Waals surface area contributed by atoms with Crippen LogP contribution in [0.1, 0.15) is 36.4 Å². The Balaban J connectivity index is 1.93. The molecule has 1 aromatic heterocycles. The molecule has 0 bridgehead atoms. The normalized spacial score (nSPS) is 18.5. The van der Waals surface area contributed by atoms with Crippen molar-refractivity contribution in [1.82, 2.24) is 10.3 Å². The highest BCUT2D eigenvalue weighted by atomic mass is 32.2. The molecule has 2 atom stereocenters. The fraction of sp³-hybridized carbons (Fsp3) is 0.353. The van der Waals surface area contributed by atoms with Crippen LogP contribution in [0.3, 0.4) is 0 Å². The first kappa shape index (κ1) is 14.5. The molecule has 2 heterocycles. The highest BCUT2D eigenvalue weighted by Gasteiger charge is 2.31. The summed E-state index contributed by atoms with van der Waals surface area (Å²) in [7, 11) is 0. The Kier molecular flexibility index (Phi) is 4.56. The van der Waals surface area contributed by atoms with E-state index in [2.05, 4.69) is 41.5 Å². The number of hydrogen-bond acceptors (Lipinski definition) is 3. The maximum absolute atomic E-state index is 13.5. The van der Waals surface area contributed by atoms with Gasteiger partial charge < -0.3 is 5.32 Å². The molecule has 0 amide bonds. The van der Waals surface area contributed by atoms with Gasteiger partial charge >= 0.3 is 0 Å². The van der Waals surface area contributed by atoms with E-state index in [1.54, 1.807) is 12.3 Å². The van der Waals surface area contributed by atoms with E-state index < -0.39 is 0 Å². The van der Waals surface area contributed by atoms with Crippen LogP contribution in [0.2, 0.25) is 0 Å². The van der Waals surface area contributed by atoms with E-state index in [0.29, 0.717) is 5.92 Å². The number of thioether (sulfide) groups is 1. The summed E-state index contributed by atoms with van der Waals surface area (Å²) < 4.78 is 13.5. The molecule has 3 rings (SSSR count). The lowest BCUT2D eigenvalue weighted by Crippen LogP contribution is -2.28. The van der Waals surface area contributed by atoms with Crippen LogP contribution in [0.25, 0.3) is 0 Å². The van der Waals surface area contributed by atoms with Gasteiger partial charge in [-0.3, -0.25) is 4.98 Å². The predicted octanol–water partition coefficient (Wildman–Crippen LogP) is 4.15. The molecule has 0 saturated heterocycles. The van der Waals surface area contributed by atoms with Crippen LogP contribution in [-0.2, 0) is 0 Å². The van der Waals surface area contributed by atoms with Gasteiger partial charge in [0.15, 0.2) is 0 Å². The summed E-state index contributed by atoms with van der Waals surface area (Å²) >= 11 is 1.88. The maximum atomic E-state index is 13.5. The summed E-state index contributed by atoms with van der Waals surface area (Å²) in [6.07, 6.45) is 4.10. The Hall–Kier alpha value is -1.39. The molecule has 0 radical (unpaired) electrons. The highest BCUT2D eigenvalue weighted by Crippen LogP contribution is 2.45. The topological polar surface area (TPSA) is 24.9 Å². The van der Waals surface area contributed by atoms with Crippen molar-refractivity contribution in [2.45, 2.75) is 30.2 Å². The molecule has 0 fully saturated rings. The fourth-order valence-corrected chi connectivity index (χ4v) is 4.15. The number of nitrogens with one attached hydrogen (secondary N) is 1. The summed E-state index contributed by atoms with van der Waals surface area (Å²) in [5.41, 5.74) is 2.30. The van der Waals surface area contributed by atoms with E-state index >= 15 is 0 Å². The highest BCUT2D eigenvalue weighted by molar-refractivity contribution is 7.99. The van der Waals surface area contributed by atoms with Crippen LogP contribution < -0.4 is 5.32 Å². The molecule has 1 aromatic carbocycles. The molecule has 2 aromatic rings. The first-order valence-electron chi connectivity index (χ1n) is 7.35. The molecule has 0 spiro atoms. The Morgan fingerprint density at radius 1 is 1.38 bits per heavy atom. The average molecular weight is 302 g/mol. The van der Waals surface area contributed by atoms with Crippen molar-refractivity contribution in [3.8, 4) is 0 Å². The fourth-order valence-electron chi connectivity index (χ4n) is 2.85. The van der Waals surface area contributed by atoms with Gasteiger partial charge in [-0.15, -0.1) is 11.8 Å². The van der Waals surface area contributed by atoms with Gasteiger partial charge in [0.1, 0.15) is 5.82 Å². The first-order valence-corrected chi connectivity index (χ1v) is 8.33. The number of pyridine rings is 1. The third-order valence-corrected chi connectivity index (χ3v) is 5.05. The SMILES string of the molecule is CCCNC(c1cncc(F)c1)C1CSc2ccccc21. The Morgan fingerprint density at radius 3 is 3.05 bits per heavy atom. The Bertz CT molecular complexity index is 617. The third-order valence-electron chi connectivity index (χ3n) is 3.84. The minimum absolute atomic E-state index is 0.115. The van der Waals surface area contributed by atoms with E-state index in [4.69, 9.17) is 0 Å². The van der Waals surface area contributed by atoms with Crippen LogP contribution in [0, 0.1) is 5.82 Å². The van der Waals surface area contributed by atoms with Crippen molar-refractivity contribution < 1.29 is 4.39 Å². The van der Waals surface area contributed by atoms with E-state index in [1.807, 2.05) is 11.8 Å². The van der Waals surface area contributed by atoms with Crippen molar-refractivity contribution in [2.24, 2.45) is 0 Å². The van der Waals surface area contributed by atoms with Gasteiger partial charge in [-0.25, -0.2) is 4.39 Å². The number of nitrogens with zero attached hydrogens (tertiary/aromatic N) is 1. The molecular formula is C17H19FN2S. The predicted molar refractivity (Wildman–Crippen MR) is 85.1 cm³/mol. The second-order valence-corrected chi connectivity index (χ2v) is 6.39. The number of benzene rings is 1. The molecule has 0 saturated carbocycles. The third kappa shape index (κ3) is 3.11. The molecule has 2 nitrogen and oxygen atoms in total. The van der Waals surface area contributed by atoms with E-state index in [9.17, 15) is 4.39 Å². The lowest BCUT2D eigenvalue weighted by atomic mass is 9.89. The van der Waals surface area contributed by atoms with Crippen LogP contribution in [0.4, 0.5) is 4.39 Å². The zero-order chi connectivity index (χ0) is 14.7. The van der Waals surface area contributed by atoms with Crippen molar-refractivity contribution in [3.05, 3.63) is 59.7 Å². The monoisotopic (exact) mass is 302 g/mol. The first-order chi connectivity index (χ1) is 10.3. The van der Waals surface area contributed by atoms with Crippen molar-refractivity contribution in [3.63, 3.8) is 0 Å². The number of hydrogen-bond donors (Lipinski definition) is 1. The smallest absolute Gasteiger partial charge is 0.141 e. The summed E-state index contributed by atoms with van der Waals surface area (Å²) in [6, 6.07) is 10.2. The van der Waals surface area contributed by atoms with Gasteiger partial charge in [-0.05, 0) is 36.2 Å². The summed E-state index contributed by atoms with van der Waals surface area (Å²) in [4.78, 5) is 5.36. The molecular weight excluding hydrogens is 283 g/mol. The molecule has 21 heavy (non-hydrogen) atoms. The van der Waals surface area contributed by atoms with Crippen molar-refractivity contribution in [1.29, 1.82) is 0 Å². The lowest BCUT2D eigenvalue weighted by molar-refractivity contribution is 0.467. The zero-order valence-electron chi connectivity index (χ0n) is 12.1. The standard InChI is InChI=1S/C17H19FN2S/c1-2-7-20-17(12-8-13(18)10-19-9-12)15-11-21-16-6-4-3-5-14(15)16/h3-6,8-10,15,17,20H,2,7,11H2,1H3. The molecule has 2 unspecified atom stereocenters. The molecule has 1 aliphatic rings. The number of rotatable bonds is 5. The van der Waals surface area contributed by atoms with Crippen LogP contribution in [0.5, 0.6) is 0 Å². The molecule has 110 valence electrons. The van der Waals surface area contributed by atoms with Gasteiger partial charge in [0.05, 0.1) is 6.20 Å². The second-order valence-electron chi connectivity index (χ2n) is 5.32. The molecule has 0 aliphatic carbocycles. The van der Waals surface area contributed by atoms with E-state index in [1.165, 1.54) is 16.7 Å². The summed E-state index contributed by atoms with van der Waals surface area (Å²) in [5, 5.41) is 3.58. The number of fused-ring (bicyclic) bond motifs is 1. The number of halogens is 1. The van der Waals surface area contributed by atoms with Crippen LogP contribution in [-0.4, -0.2) is 17.3 Å². The van der Waals surface area contributed by atoms with Crippen molar-refractivity contribution in [2.75, 3.05) is 12.3 Å². The quantitative estimate of drug-likeness (QED) is 0.898. The van der Waals surface area contributed by atoms with Crippen LogP contribution in [0.15, 0.2) is 47.6 Å². The minimum Gasteiger partial charge on any atom is -0.309 e. The second kappa shape index (κ2) is 6.58. The minimum atomic E-state index is -0.269. The maximum Gasteiger partial charge on any atom is 0.141 e. The van der Waals surface area contributed by atoms with Crippen LogP contribution >= 0.6 is 11.8 Å². The van der Waals surface area contributed by atoms with E-state index in [0.717, 1.165) is 24.3 Å². The summed E-state index contributed by atoms with van der Waals surface area (Å²) in [5.74, 6) is 1.12.